The van der Waals surface area contributed by atoms with E-state index in [4.69, 9.17) is 0 Å². The second-order valence-electron chi connectivity index (χ2n) is 5.42. The number of rotatable bonds is 6. The van der Waals surface area contributed by atoms with Gasteiger partial charge in [0.05, 0.1) is 0 Å². The van der Waals surface area contributed by atoms with Gasteiger partial charge in [0.1, 0.15) is 0 Å². The zero-order valence-electron chi connectivity index (χ0n) is 12.6. The highest BCUT2D eigenvalue weighted by molar-refractivity contribution is 5.27. The van der Waals surface area contributed by atoms with E-state index in [2.05, 4.69) is 65.7 Å². The van der Waals surface area contributed by atoms with Crippen LogP contribution in [0.15, 0.2) is 42.6 Å². The van der Waals surface area contributed by atoms with Crippen molar-refractivity contribution in [1.29, 1.82) is 0 Å². The topological polar surface area (TPSA) is 28.2 Å². The average molecular weight is 269 g/mol. The van der Waals surface area contributed by atoms with Crippen molar-refractivity contribution in [3.63, 3.8) is 0 Å². The number of hydrogen-bond donors (Lipinski definition) is 1. The molecule has 0 spiro atoms. The highest BCUT2D eigenvalue weighted by Gasteiger charge is 2.02. The van der Waals surface area contributed by atoms with E-state index in [-0.39, 0.29) is 0 Å². The molecule has 0 unspecified atom stereocenters. The van der Waals surface area contributed by atoms with Gasteiger partial charge in [0.25, 0.3) is 0 Å². The molecule has 0 aliphatic carbocycles. The lowest BCUT2D eigenvalue weighted by Crippen LogP contribution is -2.17. The number of hydrogen-bond acceptors (Lipinski definition) is 3. The van der Waals surface area contributed by atoms with Crippen molar-refractivity contribution in [1.82, 2.24) is 15.2 Å². The number of aryl methyl sites for hydroxylation is 1. The molecule has 20 heavy (non-hydrogen) atoms. The van der Waals surface area contributed by atoms with Crippen LogP contribution in [0, 0.1) is 6.92 Å². The number of benzene rings is 1. The lowest BCUT2D eigenvalue weighted by molar-refractivity contribution is 0.400. The van der Waals surface area contributed by atoms with Crippen LogP contribution < -0.4 is 5.32 Å². The van der Waals surface area contributed by atoms with Gasteiger partial charge in [-0.25, -0.2) is 0 Å². The fourth-order valence-electron chi connectivity index (χ4n) is 2.17. The van der Waals surface area contributed by atoms with Crippen LogP contribution in [-0.2, 0) is 19.6 Å². The van der Waals surface area contributed by atoms with Crippen molar-refractivity contribution in [3.8, 4) is 0 Å². The minimum absolute atomic E-state index is 0.851. The molecule has 1 N–H and O–H groups in total. The van der Waals surface area contributed by atoms with Gasteiger partial charge in [0.2, 0.25) is 0 Å². The number of pyridine rings is 1. The molecule has 3 heteroatoms. The average Bonchev–Trinajstić information content (AvgIpc) is 2.42. The maximum atomic E-state index is 4.32. The van der Waals surface area contributed by atoms with Gasteiger partial charge in [-0.15, -0.1) is 0 Å². The summed E-state index contributed by atoms with van der Waals surface area (Å²) in [7, 11) is 4.20. The van der Waals surface area contributed by atoms with Crippen molar-refractivity contribution in [2.24, 2.45) is 0 Å². The molecular formula is C17H23N3. The molecule has 1 heterocycles. The summed E-state index contributed by atoms with van der Waals surface area (Å²) >= 11 is 0. The zero-order chi connectivity index (χ0) is 14.4. The van der Waals surface area contributed by atoms with E-state index in [0.717, 1.165) is 25.3 Å². The normalized spacial score (nSPS) is 11.0. The molecule has 0 radical (unpaired) electrons. The Bertz CT molecular complexity index is 532. The second kappa shape index (κ2) is 7.17. The molecule has 1 aromatic heterocycles. The van der Waals surface area contributed by atoms with Gasteiger partial charge in [-0.3, -0.25) is 4.98 Å². The largest absolute Gasteiger partial charge is 0.309 e. The molecule has 0 aliphatic heterocycles. The van der Waals surface area contributed by atoms with Gasteiger partial charge in [-0.05, 0) is 43.8 Å². The molecule has 1 aromatic carbocycles. The van der Waals surface area contributed by atoms with E-state index < -0.39 is 0 Å². The molecule has 0 saturated carbocycles. The third-order valence-electron chi connectivity index (χ3n) is 3.22. The maximum absolute atomic E-state index is 4.32. The van der Waals surface area contributed by atoms with E-state index in [1.54, 1.807) is 0 Å². The molecule has 2 rings (SSSR count). The van der Waals surface area contributed by atoms with Crippen molar-refractivity contribution < 1.29 is 0 Å². The van der Waals surface area contributed by atoms with E-state index in [0.29, 0.717) is 0 Å². The van der Waals surface area contributed by atoms with Crippen molar-refractivity contribution in [2.45, 2.75) is 26.6 Å². The summed E-state index contributed by atoms with van der Waals surface area (Å²) in [6, 6.07) is 12.8. The van der Waals surface area contributed by atoms with Crippen LogP contribution in [0.3, 0.4) is 0 Å². The Labute approximate surface area is 121 Å². The van der Waals surface area contributed by atoms with Crippen LogP contribution in [0.5, 0.6) is 0 Å². The Morgan fingerprint density at radius 3 is 2.40 bits per heavy atom. The summed E-state index contributed by atoms with van der Waals surface area (Å²) in [5.74, 6) is 0. The van der Waals surface area contributed by atoms with E-state index in [1.807, 2.05) is 13.1 Å². The molecule has 0 atom stereocenters. The van der Waals surface area contributed by atoms with Crippen LogP contribution >= 0.6 is 0 Å². The summed E-state index contributed by atoms with van der Waals surface area (Å²) in [5.41, 5.74) is 5.03. The highest BCUT2D eigenvalue weighted by Crippen LogP contribution is 2.10. The zero-order valence-corrected chi connectivity index (χ0v) is 12.6. The predicted molar refractivity (Wildman–Crippen MR) is 83.4 cm³/mol. The van der Waals surface area contributed by atoms with E-state index in [9.17, 15) is 0 Å². The summed E-state index contributed by atoms with van der Waals surface area (Å²) < 4.78 is 0. The Hall–Kier alpha value is -1.71. The molecular weight excluding hydrogens is 246 g/mol. The van der Waals surface area contributed by atoms with Crippen molar-refractivity contribution in [2.75, 3.05) is 14.1 Å². The first-order valence-electron chi connectivity index (χ1n) is 6.99. The fourth-order valence-corrected chi connectivity index (χ4v) is 2.17. The van der Waals surface area contributed by atoms with Crippen LogP contribution in [0.2, 0.25) is 0 Å². The van der Waals surface area contributed by atoms with Crippen LogP contribution in [-0.4, -0.2) is 24.0 Å². The third kappa shape index (κ3) is 4.44. The third-order valence-corrected chi connectivity index (χ3v) is 3.22. The van der Waals surface area contributed by atoms with Gasteiger partial charge < -0.3 is 10.2 Å². The fraction of sp³-hybridized carbons (Fsp3) is 0.353. The lowest BCUT2D eigenvalue weighted by Gasteiger charge is -2.14. The number of aromatic nitrogens is 1. The molecule has 106 valence electrons. The summed E-state index contributed by atoms with van der Waals surface area (Å²) in [4.78, 5) is 6.51. The predicted octanol–water partition coefficient (Wildman–Crippen LogP) is 2.74. The first kappa shape index (κ1) is 14.7. The van der Waals surface area contributed by atoms with Crippen LogP contribution in [0.1, 0.15) is 22.4 Å². The van der Waals surface area contributed by atoms with Gasteiger partial charge >= 0.3 is 0 Å². The lowest BCUT2D eigenvalue weighted by atomic mass is 10.1. The standard InChI is InChI=1S/C17H23N3/c1-14-8-9-15(11-19-14)10-18-12-16-6-4-5-7-17(16)13-20(2)3/h4-9,11,18H,10,12-13H2,1-3H3. The smallest absolute Gasteiger partial charge is 0.0372 e. The Balaban J connectivity index is 1.92. The van der Waals surface area contributed by atoms with Gasteiger partial charge in [-0.2, -0.15) is 0 Å². The molecule has 0 bridgehead atoms. The molecule has 2 aromatic rings. The van der Waals surface area contributed by atoms with Crippen LogP contribution in [0.25, 0.3) is 0 Å². The summed E-state index contributed by atoms with van der Waals surface area (Å²) in [6.45, 7) is 4.72. The van der Waals surface area contributed by atoms with Crippen LogP contribution in [0.4, 0.5) is 0 Å². The Morgan fingerprint density at radius 2 is 1.75 bits per heavy atom. The summed E-state index contributed by atoms with van der Waals surface area (Å²) in [6.07, 6.45) is 1.94. The molecule has 0 fully saturated rings. The maximum Gasteiger partial charge on any atom is 0.0372 e. The van der Waals surface area contributed by atoms with Gasteiger partial charge in [0.15, 0.2) is 0 Å². The molecule has 3 nitrogen and oxygen atoms in total. The molecule has 0 amide bonds. The minimum atomic E-state index is 0.851. The van der Waals surface area contributed by atoms with E-state index in [1.165, 1.54) is 16.7 Å². The van der Waals surface area contributed by atoms with Crippen molar-refractivity contribution in [3.05, 3.63) is 65.0 Å². The Kier molecular flexibility index (Phi) is 5.27. The first-order valence-corrected chi connectivity index (χ1v) is 6.99. The molecule has 0 saturated heterocycles. The molecule has 0 aliphatic rings. The SMILES string of the molecule is Cc1ccc(CNCc2ccccc2CN(C)C)cn1. The number of nitrogens with one attached hydrogen (secondary N) is 1. The van der Waals surface area contributed by atoms with E-state index >= 15 is 0 Å². The second-order valence-corrected chi connectivity index (χ2v) is 5.42. The highest BCUT2D eigenvalue weighted by atomic mass is 15.0. The quantitative estimate of drug-likeness (QED) is 0.874. The van der Waals surface area contributed by atoms with Crippen molar-refractivity contribution >= 4 is 0 Å². The van der Waals surface area contributed by atoms with Gasteiger partial charge in [-0.1, -0.05) is 30.3 Å². The first-order chi connectivity index (χ1) is 9.65. The van der Waals surface area contributed by atoms with Gasteiger partial charge in [0, 0.05) is 31.5 Å². The summed E-state index contributed by atoms with van der Waals surface area (Å²) in [5, 5.41) is 3.49. The minimum Gasteiger partial charge on any atom is -0.309 e. The Morgan fingerprint density at radius 1 is 1.00 bits per heavy atom. The monoisotopic (exact) mass is 269 g/mol. The number of nitrogens with zero attached hydrogens (tertiary/aromatic N) is 2.